The van der Waals surface area contributed by atoms with Crippen LogP contribution in [0.15, 0.2) is 42.5 Å². The van der Waals surface area contributed by atoms with E-state index in [2.05, 4.69) is 5.32 Å². The Labute approximate surface area is 178 Å². The summed E-state index contributed by atoms with van der Waals surface area (Å²) in [5, 5.41) is 2.87. The van der Waals surface area contributed by atoms with Crippen molar-refractivity contribution in [2.45, 2.75) is 53.1 Å². The second-order valence-corrected chi connectivity index (χ2v) is 7.40. The van der Waals surface area contributed by atoms with E-state index >= 15 is 0 Å². The molecule has 2 rings (SSSR count). The van der Waals surface area contributed by atoms with Crippen LogP contribution in [0.4, 0.5) is 4.39 Å². The van der Waals surface area contributed by atoms with Crippen molar-refractivity contribution < 1.29 is 18.7 Å². The highest BCUT2D eigenvalue weighted by molar-refractivity contribution is 5.88. The van der Waals surface area contributed by atoms with Gasteiger partial charge in [-0.2, -0.15) is 0 Å². The second kappa shape index (κ2) is 11.3. The number of carbonyl (C=O) groups is 2. The van der Waals surface area contributed by atoms with Crippen molar-refractivity contribution >= 4 is 11.8 Å². The molecular formula is C24H31FN2O3. The van der Waals surface area contributed by atoms with Gasteiger partial charge in [0.1, 0.15) is 17.6 Å². The lowest BCUT2D eigenvalue weighted by Gasteiger charge is -2.30. The zero-order chi connectivity index (χ0) is 22.1. The number of carbonyl (C=O) groups excluding carboxylic acids is 2. The van der Waals surface area contributed by atoms with Crippen LogP contribution in [0.3, 0.4) is 0 Å². The van der Waals surface area contributed by atoms with E-state index in [0.29, 0.717) is 18.7 Å². The number of hydrogen-bond donors (Lipinski definition) is 1. The van der Waals surface area contributed by atoms with Crippen molar-refractivity contribution in [3.05, 3.63) is 65.0 Å². The molecule has 0 spiro atoms. The number of benzene rings is 2. The highest BCUT2D eigenvalue weighted by Gasteiger charge is 2.28. The van der Waals surface area contributed by atoms with Gasteiger partial charge in [-0.05, 0) is 67.6 Å². The Kier molecular flexibility index (Phi) is 8.84. The highest BCUT2D eigenvalue weighted by atomic mass is 19.1. The smallest absolute Gasteiger partial charge is 0.261 e. The fourth-order valence-electron chi connectivity index (χ4n) is 3.10. The zero-order valence-electron chi connectivity index (χ0n) is 18.2. The van der Waals surface area contributed by atoms with E-state index in [1.54, 1.807) is 12.1 Å². The van der Waals surface area contributed by atoms with Crippen molar-refractivity contribution in [3.63, 3.8) is 0 Å². The molecule has 1 atom stereocenters. The molecule has 0 heterocycles. The molecule has 0 aliphatic carbocycles. The molecule has 0 unspecified atom stereocenters. The Morgan fingerprint density at radius 1 is 1.07 bits per heavy atom. The summed E-state index contributed by atoms with van der Waals surface area (Å²) in [7, 11) is 0. The van der Waals surface area contributed by atoms with E-state index in [9.17, 15) is 14.0 Å². The third kappa shape index (κ3) is 6.58. The van der Waals surface area contributed by atoms with Crippen LogP contribution in [-0.4, -0.2) is 35.9 Å². The fraction of sp³-hybridized carbons (Fsp3) is 0.417. The lowest BCUT2D eigenvalue weighted by molar-refractivity contribution is -0.143. The van der Waals surface area contributed by atoms with Crippen LogP contribution in [0.5, 0.6) is 5.75 Å². The van der Waals surface area contributed by atoms with Gasteiger partial charge in [-0.3, -0.25) is 9.59 Å². The first-order valence-electron chi connectivity index (χ1n) is 10.4. The van der Waals surface area contributed by atoms with Crippen molar-refractivity contribution in [1.82, 2.24) is 10.2 Å². The van der Waals surface area contributed by atoms with Crippen LogP contribution in [0, 0.1) is 19.7 Å². The summed E-state index contributed by atoms with van der Waals surface area (Å²) in [5.41, 5.74) is 2.97. The van der Waals surface area contributed by atoms with Gasteiger partial charge in [0.05, 0.1) is 0 Å². The number of nitrogens with zero attached hydrogens (tertiary/aromatic N) is 1. The Hall–Kier alpha value is -2.89. The van der Waals surface area contributed by atoms with Gasteiger partial charge in [-0.15, -0.1) is 0 Å². The largest absolute Gasteiger partial charge is 0.484 e. The van der Waals surface area contributed by atoms with Gasteiger partial charge in [0.25, 0.3) is 5.91 Å². The monoisotopic (exact) mass is 414 g/mol. The summed E-state index contributed by atoms with van der Waals surface area (Å²) < 4.78 is 19.0. The molecule has 1 N–H and O–H groups in total. The SMILES string of the molecule is CCCNC(=O)[C@@H](CC)N(Cc1ccc(F)cc1)C(=O)COc1ccc(C)c(C)c1. The van der Waals surface area contributed by atoms with Gasteiger partial charge < -0.3 is 15.0 Å². The van der Waals surface area contributed by atoms with Crippen molar-refractivity contribution in [2.75, 3.05) is 13.2 Å². The molecule has 0 saturated heterocycles. The summed E-state index contributed by atoms with van der Waals surface area (Å²) in [4.78, 5) is 27.3. The molecule has 0 aromatic heterocycles. The van der Waals surface area contributed by atoms with Crippen molar-refractivity contribution in [2.24, 2.45) is 0 Å². The molecule has 2 aromatic rings. The molecular weight excluding hydrogens is 383 g/mol. The van der Waals surface area contributed by atoms with Crippen LogP contribution >= 0.6 is 0 Å². The zero-order valence-corrected chi connectivity index (χ0v) is 18.2. The number of ether oxygens (including phenoxy) is 1. The number of aryl methyl sites for hydroxylation is 2. The first kappa shape index (κ1) is 23.4. The lowest BCUT2D eigenvalue weighted by Crippen LogP contribution is -2.50. The predicted octanol–water partition coefficient (Wildman–Crippen LogP) is 4.15. The Bertz CT molecular complexity index is 852. The quantitative estimate of drug-likeness (QED) is 0.635. The van der Waals surface area contributed by atoms with Crippen LogP contribution in [0.1, 0.15) is 43.4 Å². The van der Waals surface area contributed by atoms with E-state index in [4.69, 9.17) is 4.74 Å². The van der Waals surface area contributed by atoms with Crippen LogP contribution in [0.25, 0.3) is 0 Å². The van der Waals surface area contributed by atoms with Crippen LogP contribution in [-0.2, 0) is 16.1 Å². The Balaban J connectivity index is 2.18. The number of rotatable bonds is 10. The minimum Gasteiger partial charge on any atom is -0.484 e. The molecule has 0 fully saturated rings. The standard InChI is InChI=1S/C24H31FN2O3/c1-5-13-26-24(29)22(6-2)27(15-19-8-10-20(25)11-9-19)23(28)16-30-21-12-7-17(3)18(4)14-21/h7-12,14,22H,5-6,13,15-16H2,1-4H3,(H,26,29)/t22-/m1/s1. The third-order valence-corrected chi connectivity index (χ3v) is 5.04. The van der Waals surface area contributed by atoms with Crippen LogP contribution < -0.4 is 10.1 Å². The molecule has 0 bridgehead atoms. The van der Waals surface area contributed by atoms with Gasteiger partial charge in [0.15, 0.2) is 6.61 Å². The van der Waals surface area contributed by atoms with Gasteiger partial charge >= 0.3 is 0 Å². The molecule has 0 aliphatic rings. The molecule has 0 radical (unpaired) electrons. The maximum absolute atomic E-state index is 13.3. The Morgan fingerprint density at radius 3 is 2.37 bits per heavy atom. The van der Waals surface area contributed by atoms with E-state index in [0.717, 1.165) is 23.1 Å². The molecule has 0 saturated carbocycles. The molecule has 5 nitrogen and oxygen atoms in total. The average molecular weight is 415 g/mol. The van der Waals surface area contributed by atoms with Gasteiger partial charge in [0, 0.05) is 13.1 Å². The number of halogens is 1. The molecule has 0 aliphatic heterocycles. The fourth-order valence-corrected chi connectivity index (χ4v) is 3.10. The van der Waals surface area contributed by atoms with E-state index in [-0.39, 0.29) is 30.8 Å². The normalized spacial score (nSPS) is 11.6. The van der Waals surface area contributed by atoms with E-state index in [1.165, 1.54) is 17.0 Å². The lowest BCUT2D eigenvalue weighted by atomic mass is 10.1. The second-order valence-electron chi connectivity index (χ2n) is 7.40. The van der Waals surface area contributed by atoms with Crippen molar-refractivity contribution in [1.29, 1.82) is 0 Å². The topological polar surface area (TPSA) is 58.6 Å². The van der Waals surface area contributed by atoms with E-state index < -0.39 is 6.04 Å². The van der Waals surface area contributed by atoms with Crippen LogP contribution in [0.2, 0.25) is 0 Å². The summed E-state index contributed by atoms with van der Waals surface area (Å²) in [6, 6.07) is 11.0. The summed E-state index contributed by atoms with van der Waals surface area (Å²) in [6.45, 7) is 8.40. The number of amides is 2. The minimum absolute atomic E-state index is 0.179. The highest BCUT2D eigenvalue weighted by Crippen LogP contribution is 2.18. The van der Waals surface area contributed by atoms with E-state index in [1.807, 2.05) is 45.9 Å². The third-order valence-electron chi connectivity index (χ3n) is 5.04. The first-order chi connectivity index (χ1) is 14.3. The summed E-state index contributed by atoms with van der Waals surface area (Å²) in [6.07, 6.45) is 1.27. The van der Waals surface area contributed by atoms with Crippen molar-refractivity contribution in [3.8, 4) is 5.75 Å². The maximum Gasteiger partial charge on any atom is 0.261 e. The van der Waals surface area contributed by atoms with Gasteiger partial charge in [-0.1, -0.05) is 32.0 Å². The van der Waals surface area contributed by atoms with Gasteiger partial charge in [0.2, 0.25) is 5.91 Å². The minimum atomic E-state index is -0.627. The summed E-state index contributed by atoms with van der Waals surface area (Å²) in [5.74, 6) is -0.226. The Morgan fingerprint density at radius 2 is 1.77 bits per heavy atom. The molecule has 2 amide bonds. The summed E-state index contributed by atoms with van der Waals surface area (Å²) >= 11 is 0. The molecule has 30 heavy (non-hydrogen) atoms. The molecule has 6 heteroatoms. The predicted molar refractivity (Wildman–Crippen MR) is 116 cm³/mol. The van der Waals surface area contributed by atoms with Gasteiger partial charge in [-0.25, -0.2) is 4.39 Å². The number of hydrogen-bond acceptors (Lipinski definition) is 3. The number of nitrogens with one attached hydrogen (secondary N) is 1. The molecule has 162 valence electrons. The maximum atomic E-state index is 13.3. The average Bonchev–Trinajstić information content (AvgIpc) is 2.74. The molecule has 2 aromatic carbocycles. The first-order valence-corrected chi connectivity index (χ1v) is 10.4.